The molecule has 0 atom stereocenters. The number of anilines is 1. The third-order valence-electron chi connectivity index (χ3n) is 2.36. The van der Waals surface area contributed by atoms with Gasteiger partial charge in [0.2, 0.25) is 0 Å². The second kappa shape index (κ2) is 7.68. The molecule has 0 unspecified atom stereocenters. The van der Waals surface area contributed by atoms with Crippen LogP contribution in [0, 0.1) is 6.92 Å². The first-order valence-corrected chi connectivity index (χ1v) is 7.09. The van der Waals surface area contributed by atoms with Gasteiger partial charge in [0, 0.05) is 11.8 Å². The molecule has 0 fully saturated rings. The van der Waals surface area contributed by atoms with E-state index in [2.05, 4.69) is 5.32 Å². The van der Waals surface area contributed by atoms with Gasteiger partial charge in [-0.15, -0.1) is 0 Å². The van der Waals surface area contributed by atoms with Gasteiger partial charge < -0.3 is 14.2 Å². The summed E-state index contributed by atoms with van der Waals surface area (Å²) in [5.41, 5.74) is 0.845. The molecule has 6 nitrogen and oxygen atoms in total. The summed E-state index contributed by atoms with van der Waals surface area (Å²) in [6.45, 7) is 9.08. The number of esters is 1. The van der Waals surface area contributed by atoms with Gasteiger partial charge >= 0.3 is 12.1 Å². The molecule has 1 aromatic rings. The van der Waals surface area contributed by atoms with Crippen molar-refractivity contribution >= 4 is 17.7 Å². The molecule has 0 radical (unpaired) electrons. The number of rotatable bonds is 5. The van der Waals surface area contributed by atoms with Crippen molar-refractivity contribution in [3.05, 3.63) is 23.8 Å². The maximum atomic E-state index is 11.8. The SMILES string of the molecule is CCOC(=O)COc1cc(C)cc(NC(=O)OC(C)(C)C)c1. The smallest absolute Gasteiger partial charge is 0.412 e. The summed E-state index contributed by atoms with van der Waals surface area (Å²) in [5.74, 6) is 0.0322. The van der Waals surface area contributed by atoms with Gasteiger partial charge in [-0.05, 0) is 52.3 Å². The fraction of sp³-hybridized carbons (Fsp3) is 0.500. The summed E-state index contributed by atoms with van der Waals surface area (Å²) < 4.78 is 15.3. The lowest BCUT2D eigenvalue weighted by molar-refractivity contribution is -0.145. The van der Waals surface area contributed by atoms with E-state index in [1.165, 1.54) is 0 Å². The Bertz CT molecular complexity index is 534. The Hall–Kier alpha value is -2.24. The zero-order valence-electron chi connectivity index (χ0n) is 13.7. The molecule has 1 aromatic carbocycles. The first-order valence-electron chi connectivity index (χ1n) is 7.09. The van der Waals surface area contributed by atoms with Crippen molar-refractivity contribution in [1.82, 2.24) is 0 Å². The van der Waals surface area contributed by atoms with E-state index in [0.29, 0.717) is 18.0 Å². The summed E-state index contributed by atoms with van der Waals surface area (Å²) in [5, 5.41) is 2.64. The molecular formula is C16H23NO5. The van der Waals surface area contributed by atoms with Gasteiger partial charge in [-0.1, -0.05) is 0 Å². The van der Waals surface area contributed by atoms with Crippen LogP contribution in [0.25, 0.3) is 0 Å². The van der Waals surface area contributed by atoms with Gasteiger partial charge in [0.1, 0.15) is 11.4 Å². The predicted octanol–water partition coefficient (Wildman–Crippen LogP) is 3.28. The Morgan fingerprint density at radius 3 is 2.45 bits per heavy atom. The van der Waals surface area contributed by atoms with E-state index in [9.17, 15) is 9.59 Å². The Morgan fingerprint density at radius 1 is 1.18 bits per heavy atom. The van der Waals surface area contributed by atoms with E-state index in [1.807, 2.05) is 6.92 Å². The molecule has 0 aliphatic heterocycles. The number of hydrogen-bond acceptors (Lipinski definition) is 5. The fourth-order valence-corrected chi connectivity index (χ4v) is 1.67. The number of carbonyl (C=O) groups excluding carboxylic acids is 2. The van der Waals surface area contributed by atoms with Crippen molar-refractivity contribution in [2.45, 2.75) is 40.2 Å². The van der Waals surface area contributed by atoms with Crippen LogP contribution in [0.3, 0.4) is 0 Å². The van der Waals surface area contributed by atoms with Crippen LogP contribution < -0.4 is 10.1 Å². The van der Waals surface area contributed by atoms with Gasteiger partial charge in [0.25, 0.3) is 0 Å². The van der Waals surface area contributed by atoms with Crippen LogP contribution in [0.2, 0.25) is 0 Å². The highest BCUT2D eigenvalue weighted by atomic mass is 16.6. The Balaban J connectivity index is 2.69. The maximum absolute atomic E-state index is 11.8. The Labute approximate surface area is 130 Å². The minimum atomic E-state index is -0.572. The molecule has 1 rings (SSSR count). The zero-order chi connectivity index (χ0) is 16.8. The Kier molecular flexibility index (Phi) is 6.22. The summed E-state index contributed by atoms with van der Waals surface area (Å²) >= 11 is 0. The lowest BCUT2D eigenvalue weighted by Crippen LogP contribution is -2.27. The van der Waals surface area contributed by atoms with Gasteiger partial charge in [0.05, 0.1) is 6.61 Å². The number of nitrogens with one attached hydrogen (secondary N) is 1. The molecule has 0 heterocycles. The third-order valence-corrected chi connectivity index (χ3v) is 2.36. The summed E-state index contributed by atoms with van der Waals surface area (Å²) in [6, 6.07) is 5.16. The molecular weight excluding hydrogens is 286 g/mol. The zero-order valence-corrected chi connectivity index (χ0v) is 13.7. The molecule has 0 aliphatic carbocycles. The number of benzene rings is 1. The maximum Gasteiger partial charge on any atom is 0.412 e. The monoisotopic (exact) mass is 309 g/mol. The number of aryl methyl sites for hydroxylation is 1. The van der Waals surface area contributed by atoms with Crippen molar-refractivity contribution in [3.8, 4) is 5.75 Å². The number of amides is 1. The summed E-state index contributed by atoms with van der Waals surface area (Å²) in [6.07, 6.45) is -0.547. The van der Waals surface area contributed by atoms with E-state index in [0.717, 1.165) is 5.56 Å². The topological polar surface area (TPSA) is 73.9 Å². The van der Waals surface area contributed by atoms with Crippen molar-refractivity contribution in [2.24, 2.45) is 0 Å². The number of carbonyl (C=O) groups is 2. The van der Waals surface area contributed by atoms with E-state index >= 15 is 0 Å². The quantitative estimate of drug-likeness (QED) is 0.845. The third kappa shape index (κ3) is 6.97. The van der Waals surface area contributed by atoms with Gasteiger partial charge in [-0.3, -0.25) is 5.32 Å². The minimum absolute atomic E-state index is 0.177. The average molecular weight is 309 g/mol. The number of hydrogen-bond donors (Lipinski definition) is 1. The van der Waals surface area contributed by atoms with Crippen molar-refractivity contribution in [3.63, 3.8) is 0 Å². The second-order valence-corrected chi connectivity index (χ2v) is 5.76. The molecule has 0 spiro atoms. The van der Waals surface area contributed by atoms with Crippen molar-refractivity contribution in [1.29, 1.82) is 0 Å². The molecule has 1 amide bonds. The molecule has 0 saturated carbocycles. The second-order valence-electron chi connectivity index (χ2n) is 5.76. The lowest BCUT2D eigenvalue weighted by Gasteiger charge is -2.20. The largest absolute Gasteiger partial charge is 0.482 e. The lowest BCUT2D eigenvalue weighted by atomic mass is 10.2. The van der Waals surface area contributed by atoms with Crippen molar-refractivity contribution < 1.29 is 23.8 Å². The molecule has 122 valence electrons. The molecule has 0 aliphatic rings. The van der Waals surface area contributed by atoms with Gasteiger partial charge in [-0.2, -0.15) is 0 Å². The molecule has 1 N–H and O–H groups in total. The van der Waals surface area contributed by atoms with Crippen molar-refractivity contribution in [2.75, 3.05) is 18.5 Å². The van der Waals surface area contributed by atoms with Crippen LogP contribution in [-0.2, 0) is 14.3 Å². The molecule has 0 aromatic heterocycles. The van der Waals surface area contributed by atoms with Crippen LogP contribution in [0.4, 0.5) is 10.5 Å². The standard InChI is InChI=1S/C16H23NO5/c1-6-20-14(18)10-21-13-8-11(2)7-12(9-13)17-15(19)22-16(3,4)5/h7-9H,6,10H2,1-5H3,(H,17,19). The van der Waals surface area contributed by atoms with Crippen LogP contribution >= 0.6 is 0 Å². The minimum Gasteiger partial charge on any atom is -0.482 e. The molecule has 6 heteroatoms. The summed E-state index contributed by atoms with van der Waals surface area (Å²) in [7, 11) is 0. The first kappa shape index (κ1) is 17.8. The van der Waals surface area contributed by atoms with Crippen LogP contribution in [0.5, 0.6) is 5.75 Å². The molecule has 0 saturated heterocycles. The van der Waals surface area contributed by atoms with Crippen LogP contribution in [0.15, 0.2) is 18.2 Å². The van der Waals surface area contributed by atoms with Gasteiger partial charge in [-0.25, -0.2) is 9.59 Å². The fourth-order valence-electron chi connectivity index (χ4n) is 1.67. The van der Waals surface area contributed by atoms with E-state index < -0.39 is 17.7 Å². The highest BCUT2D eigenvalue weighted by Crippen LogP contribution is 2.21. The molecule has 22 heavy (non-hydrogen) atoms. The van der Waals surface area contributed by atoms with E-state index in [4.69, 9.17) is 14.2 Å². The predicted molar refractivity (Wildman–Crippen MR) is 83.2 cm³/mol. The van der Waals surface area contributed by atoms with E-state index in [1.54, 1.807) is 45.9 Å². The average Bonchev–Trinajstić information content (AvgIpc) is 2.33. The first-order chi connectivity index (χ1) is 10.2. The molecule has 0 bridgehead atoms. The normalized spacial score (nSPS) is 10.8. The van der Waals surface area contributed by atoms with E-state index in [-0.39, 0.29) is 6.61 Å². The van der Waals surface area contributed by atoms with Crippen LogP contribution in [-0.4, -0.2) is 30.9 Å². The summed E-state index contributed by atoms with van der Waals surface area (Å²) in [4.78, 5) is 23.0. The van der Waals surface area contributed by atoms with Crippen LogP contribution in [0.1, 0.15) is 33.3 Å². The highest BCUT2D eigenvalue weighted by Gasteiger charge is 2.16. The highest BCUT2D eigenvalue weighted by molar-refractivity contribution is 5.85. The Morgan fingerprint density at radius 2 is 1.86 bits per heavy atom. The van der Waals surface area contributed by atoms with Gasteiger partial charge in [0.15, 0.2) is 6.61 Å². The number of ether oxygens (including phenoxy) is 3.